The van der Waals surface area contributed by atoms with Crippen molar-refractivity contribution in [1.82, 2.24) is 15.0 Å². The summed E-state index contributed by atoms with van der Waals surface area (Å²) in [5, 5.41) is 0. The van der Waals surface area contributed by atoms with E-state index in [1.165, 1.54) is 0 Å². The molecule has 1 aliphatic rings. The van der Waals surface area contributed by atoms with Gasteiger partial charge in [0.05, 0.1) is 11.1 Å². The number of fused-ring (bicyclic) bond motifs is 1. The third-order valence-corrected chi connectivity index (χ3v) is 3.25. The van der Waals surface area contributed by atoms with Crippen molar-refractivity contribution in [2.24, 2.45) is 0 Å². The Bertz CT molecular complexity index is 891. The number of benzene rings is 2. The molecule has 0 unspecified atom stereocenters. The molecule has 8 heteroatoms. The maximum absolute atomic E-state index is 10.8. The summed E-state index contributed by atoms with van der Waals surface area (Å²) in [4.78, 5) is 33.3. The molecule has 0 radical (unpaired) electrons. The Hall–Kier alpha value is -3.81. The van der Waals surface area contributed by atoms with E-state index in [0.717, 1.165) is 5.56 Å². The van der Waals surface area contributed by atoms with Crippen LogP contribution in [0, 0.1) is 0 Å². The Morgan fingerprint density at radius 2 is 1.16 bits per heavy atom. The molecule has 2 heterocycles. The van der Waals surface area contributed by atoms with E-state index in [2.05, 4.69) is 19.7 Å². The van der Waals surface area contributed by atoms with Gasteiger partial charge in [-0.25, -0.2) is 9.59 Å². The standard InChI is InChI=1S/C9H9N5.C8H4O3/c10-8-12-7(13-9(11)14-8)6-4-2-1-3-5-6;9-7-5-3-1-2-4-6(5)8(10)11-7/h1-5H,(H4,10,11,12,13,14);1-4H. The number of carbonyl (C=O) groups excluding carboxylic acids is 2. The highest BCUT2D eigenvalue weighted by Crippen LogP contribution is 2.18. The van der Waals surface area contributed by atoms with Gasteiger partial charge in [0.15, 0.2) is 5.82 Å². The van der Waals surface area contributed by atoms with Gasteiger partial charge in [-0.3, -0.25) is 0 Å². The minimum atomic E-state index is -0.550. The number of hydrogen-bond donors (Lipinski definition) is 2. The van der Waals surface area contributed by atoms with Gasteiger partial charge in [0.2, 0.25) is 11.9 Å². The van der Waals surface area contributed by atoms with Gasteiger partial charge >= 0.3 is 11.9 Å². The van der Waals surface area contributed by atoms with Crippen LogP contribution in [-0.2, 0) is 4.74 Å². The average molecular weight is 335 g/mol. The molecule has 0 fully saturated rings. The van der Waals surface area contributed by atoms with Crippen molar-refractivity contribution in [3.8, 4) is 11.4 Å². The maximum Gasteiger partial charge on any atom is 0.346 e. The van der Waals surface area contributed by atoms with Crippen LogP contribution >= 0.6 is 0 Å². The minimum Gasteiger partial charge on any atom is -0.386 e. The zero-order valence-corrected chi connectivity index (χ0v) is 12.9. The van der Waals surface area contributed by atoms with E-state index in [-0.39, 0.29) is 11.9 Å². The molecule has 124 valence electrons. The molecule has 1 aliphatic heterocycles. The molecule has 0 saturated carbocycles. The van der Waals surface area contributed by atoms with Crippen LogP contribution < -0.4 is 11.5 Å². The monoisotopic (exact) mass is 335 g/mol. The fourth-order valence-electron chi connectivity index (χ4n) is 2.16. The third-order valence-electron chi connectivity index (χ3n) is 3.25. The predicted octanol–water partition coefficient (Wildman–Crippen LogP) is 1.70. The quantitative estimate of drug-likeness (QED) is 0.507. The number of nitrogens with zero attached hydrogens (tertiary/aromatic N) is 3. The second kappa shape index (κ2) is 6.75. The van der Waals surface area contributed by atoms with Crippen molar-refractivity contribution in [3.05, 3.63) is 65.7 Å². The Morgan fingerprint density at radius 3 is 1.68 bits per heavy atom. The van der Waals surface area contributed by atoms with Crippen molar-refractivity contribution in [1.29, 1.82) is 0 Å². The highest BCUT2D eigenvalue weighted by atomic mass is 16.6. The first kappa shape index (κ1) is 16.1. The molecule has 0 amide bonds. The molecule has 0 saturated heterocycles. The number of rotatable bonds is 1. The third kappa shape index (κ3) is 3.58. The number of aromatic nitrogens is 3. The lowest BCUT2D eigenvalue weighted by atomic mass is 10.1. The van der Waals surface area contributed by atoms with Crippen LogP contribution in [0.5, 0.6) is 0 Å². The van der Waals surface area contributed by atoms with E-state index in [9.17, 15) is 9.59 Å². The van der Waals surface area contributed by atoms with Crippen molar-refractivity contribution < 1.29 is 14.3 Å². The molecule has 2 aromatic carbocycles. The van der Waals surface area contributed by atoms with E-state index < -0.39 is 11.9 Å². The zero-order chi connectivity index (χ0) is 17.8. The summed E-state index contributed by atoms with van der Waals surface area (Å²) in [5.41, 5.74) is 12.5. The Kier molecular flexibility index (Phi) is 4.34. The smallest absolute Gasteiger partial charge is 0.346 e. The normalized spacial score (nSPS) is 12.0. The molecule has 0 bridgehead atoms. The van der Waals surface area contributed by atoms with Crippen molar-refractivity contribution >= 4 is 23.8 Å². The van der Waals surface area contributed by atoms with E-state index in [4.69, 9.17) is 11.5 Å². The number of ether oxygens (including phenoxy) is 1. The summed E-state index contributed by atoms with van der Waals surface area (Å²) in [6.07, 6.45) is 0. The molecular weight excluding hydrogens is 322 g/mol. The lowest BCUT2D eigenvalue weighted by molar-refractivity contribution is 0.0444. The van der Waals surface area contributed by atoms with Crippen LogP contribution in [0.4, 0.5) is 11.9 Å². The van der Waals surface area contributed by atoms with Gasteiger partial charge in [0, 0.05) is 5.56 Å². The second-order valence-corrected chi connectivity index (χ2v) is 4.96. The summed E-state index contributed by atoms with van der Waals surface area (Å²) >= 11 is 0. The largest absolute Gasteiger partial charge is 0.386 e. The number of nitrogens with two attached hydrogens (primary N) is 2. The number of anilines is 2. The van der Waals surface area contributed by atoms with Crippen LogP contribution in [0.1, 0.15) is 20.7 Å². The van der Waals surface area contributed by atoms with Gasteiger partial charge in [-0.1, -0.05) is 42.5 Å². The minimum absolute atomic E-state index is 0.136. The van der Waals surface area contributed by atoms with Crippen LogP contribution in [0.15, 0.2) is 54.6 Å². The van der Waals surface area contributed by atoms with Crippen molar-refractivity contribution in [3.63, 3.8) is 0 Å². The van der Waals surface area contributed by atoms with E-state index in [1.54, 1.807) is 24.3 Å². The Labute approximate surface area is 142 Å². The molecule has 3 aromatic rings. The van der Waals surface area contributed by atoms with Gasteiger partial charge < -0.3 is 16.2 Å². The fraction of sp³-hybridized carbons (Fsp3) is 0. The molecule has 0 spiro atoms. The molecule has 25 heavy (non-hydrogen) atoms. The summed E-state index contributed by atoms with van der Waals surface area (Å²) in [6.45, 7) is 0. The van der Waals surface area contributed by atoms with Gasteiger partial charge in [-0.05, 0) is 12.1 Å². The summed E-state index contributed by atoms with van der Waals surface area (Å²) in [7, 11) is 0. The van der Waals surface area contributed by atoms with Crippen molar-refractivity contribution in [2.75, 3.05) is 11.5 Å². The van der Waals surface area contributed by atoms with Gasteiger partial charge in [0.25, 0.3) is 0 Å². The maximum atomic E-state index is 10.8. The van der Waals surface area contributed by atoms with Gasteiger partial charge in [0.1, 0.15) is 0 Å². The first-order chi connectivity index (χ1) is 12.0. The highest BCUT2D eigenvalue weighted by Gasteiger charge is 2.28. The lowest BCUT2D eigenvalue weighted by Crippen LogP contribution is -2.04. The fourth-order valence-corrected chi connectivity index (χ4v) is 2.16. The highest BCUT2D eigenvalue weighted by molar-refractivity contribution is 6.14. The molecule has 1 aromatic heterocycles. The van der Waals surface area contributed by atoms with E-state index >= 15 is 0 Å². The first-order valence-corrected chi connectivity index (χ1v) is 7.22. The number of hydrogen-bond acceptors (Lipinski definition) is 8. The topological polar surface area (TPSA) is 134 Å². The SMILES string of the molecule is Nc1nc(N)nc(-c2ccccc2)n1.O=C1OC(=O)c2ccccc21. The summed E-state index contributed by atoms with van der Waals surface area (Å²) in [5.74, 6) is -0.334. The van der Waals surface area contributed by atoms with Gasteiger partial charge in [-0.2, -0.15) is 15.0 Å². The Balaban J connectivity index is 0.000000150. The number of carbonyl (C=O) groups is 2. The lowest BCUT2D eigenvalue weighted by Gasteiger charge is -2.00. The number of esters is 2. The molecule has 4 N–H and O–H groups in total. The molecule has 0 aliphatic carbocycles. The second-order valence-electron chi connectivity index (χ2n) is 4.96. The van der Waals surface area contributed by atoms with Crippen LogP contribution in [0.3, 0.4) is 0 Å². The zero-order valence-electron chi connectivity index (χ0n) is 12.9. The van der Waals surface area contributed by atoms with E-state index in [1.807, 2.05) is 30.3 Å². The number of nitrogen functional groups attached to an aromatic ring is 2. The van der Waals surface area contributed by atoms with Gasteiger partial charge in [-0.15, -0.1) is 0 Å². The molecule has 4 rings (SSSR count). The number of cyclic esters (lactones) is 2. The first-order valence-electron chi connectivity index (χ1n) is 7.22. The Morgan fingerprint density at radius 1 is 0.680 bits per heavy atom. The molecular formula is C17H13N5O3. The van der Waals surface area contributed by atoms with E-state index in [0.29, 0.717) is 17.0 Å². The molecule has 8 nitrogen and oxygen atoms in total. The van der Waals surface area contributed by atoms with Crippen LogP contribution in [0.2, 0.25) is 0 Å². The molecule has 0 atom stereocenters. The predicted molar refractivity (Wildman–Crippen MR) is 90.3 cm³/mol. The van der Waals surface area contributed by atoms with Crippen molar-refractivity contribution in [2.45, 2.75) is 0 Å². The summed E-state index contributed by atoms with van der Waals surface area (Å²) < 4.78 is 4.35. The van der Waals surface area contributed by atoms with Crippen LogP contribution in [-0.4, -0.2) is 26.9 Å². The average Bonchev–Trinajstić information content (AvgIpc) is 2.90. The van der Waals surface area contributed by atoms with Crippen LogP contribution in [0.25, 0.3) is 11.4 Å². The summed E-state index contributed by atoms with van der Waals surface area (Å²) in [6, 6.07) is 16.0.